The van der Waals surface area contributed by atoms with Gasteiger partial charge in [-0.1, -0.05) is 18.3 Å². The number of amides is 1. The number of rotatable bonds is 6. The van der Waals surface area contributed by atoms with Crippen molar-refractivity contribution in [2.45, 2.75) is 6.42 Å². The van der Waals surface area contributed by atoms with Crippen LogP contribution in [-0.2, 0) is 0 Å². The quantitative estimate of drug-likeness (QED) is 0.611. The lowest BCUT2D eigenvalue weighted by molar-refractivity contribution is 0.0778. The monoisotopic (exact) mass is 249 g/mol. The Bertz CT molecular complexity index is 405. The van der Waals surface area contributed by atoms with E-state index in [2.05, 4.69) is 11.6 Å². The smallest absolute Gasteiger partial charge is 0.255 e. The molecule has 0 atom stereocenters. The van der Waals surface area contributed by atoms with Gasteiger partial charge in [0.25, 0.3) is 5.91 Å². The third-order valence-corrected chi connectivity index (χ3v) is 2.38. The molecule has 2 N–H and O–H groups in total. The van der Waals surface area contributed by atoms with Crippen LogP contribution in [0.4, 0.5) is 0 Å². The molecule has 17 heavy (non-hydrogen) atoms. The third-order valence-electron chi connectivity index (χ3n) is 2.17. The van der Waals surface area contributed by atoms with E-state index in [1.165, 1.54) is 0 Å². The lowest BCUT2D eigenvalue weighted by Crippen LogP contribution is -2.33. The van der Waals surface area contributed by atoms with E-state index in [0.29, 0.717) is 30.1 Å². The second-order valence-corrected chi connectivity index (χ2v) is 4.02. The molecule has 0 saturated carbocycles. The van der Waals surface area contributed by atoms with Gasteiger partial charge in [-0.15, -0.1) is 6.58 Å². The standard InChI is InChI=1S/C12H15N3OS/c1-2-7-15(8-5-11(13)17)12(16)10-4-3-6-14-9-10/h2-4,6,9H,1,5,7-8H2,(H2,13,17). The third kappa shape index (κ3) is 4.32. The van der Waals surface area contributed by atoms with Gasteiger partial charge in [0, 0.05) is 31.9 Å². The summed E-state index contributed by atoms with van der Waals surface area (Å²) in [4.78, 5) is 18.1. The molecule has 5 heteroatoms. The molecule has 0 aliphatic rings. The molecule has 1 aromatic heterocycles. The van der Waals surface area contributed by atoms with Crippen LogP contribution in [-0.4, -0.2) is 33.9 Å². The minimum absolute atomic E-state index is 0.0887. The van der Waals surface area contributed by atoms with E-state index in [4.69, 9.17) is 18.0 Å². The van der Waals surface area contributed by atoms with Crippen molar-refractivity contribution in [3.63, 3.8) is 0 Å². The first kappa shape index (κ1) is 13.3. The van der Waals surface area contributed by atoms with Crippen LogP contribution in [0.15, 0.2) is 37.2 Å². The molecule has 1 amide bonds. The first-order valence-electron chi connectivity index (χ1n) is 5.23. The molecule has 0 fully saturated rings. The summed E-state index contributed by atoms with van der Waals surface area (Å²) >= 11 is 4.80. The summed E-state index contributed by atoms with van der Waals surface area (Å²) in [7, 11) is 0. The van der Waals surface area contributed by atoms with E-state index < -0.39 is 0 Å². The Kier molecular flexibility index (Phi) is 5.29. The summed E-state index contributed by atoms with van der Waals surface area (Å²) in [6.07, 6.45) is 5.35. The van der Waals surface area contributed by atoms with Crippen molar-refractivity contribution in [2.75, 3.05) is 13.1 Å². The predicted molar refractivity (Wildman–Crippen MR) is 71.7 cm³/mol. The highest BCUT2D eigenvalue weighted by molar-refractivity contribution is 7.80. The normalized spacial score (nSPS) is 9.65. The molecule has 0 aliphatic heterocycles. The maximum atomic E-state index is 12.1. The number of nitrogens with two attached hydrogens (primary N) is 1. The Labute approximate surface area is 106 Å². The number of hydrogen-bond acceptors (Lipinski definition) is 3. The molecule has 0 spiro atoms. The van der Waals surface area contributed by atoms with Gasteiger partial charge >= 0.3 is 0 Å². The predicted octanol–water partition coefficient (Wildman–Crippen LogP) is 1.39. The zero-order valence-electron chi connectivity index (χ0n) is 9.50. The first-order chi connectivity index (χ1) is 8.15. The summed E-state index contributed by atoms with van der Waals surface area (Å²) < 4.78 is 0. The highest BCUT2D eigenvalue weighted by atomic mass is 32.1. The molecule has 0 bridgehead atoms. The molecule has 4 nitrogen and oxygen atoms in total. The Morgan fingerprint density at radius 2 is 2.41 bits per heavy atom. The molecule has 0 aliphatic carbocycles. The van der Waals surface area contributed by atoms with Crippen molar-refractivity contribution in [3.05, 3.63) is 42.7 Å². The van der Waals surface area contributed by atoms with Gasteiger partial charge < -0.3 is 10.6 Å². The number of pyridine rings is 1. The molecular weight excluding hydrogens is 234 g/mol. The fourth-order valence-corrected chi connectivity index (χ4v) is 1.44. The van der Waals surface area contributed by atoms with Crippen LogP contribution in [0.1, 0.15) is 16.8 Å². The maximum Gasteiger partial charge on any atom is 0.255 e. The molecule has 1 rings (SSSR count). The number of aromatic nitrogens is 1. The van der Waals surface area contributed by atoms with Gasteiger partial charge in [-0.2, -0.15) is 0 Å². The number of carbonyl (C=O) groups is 1. The molecular formula is C12H15N3OS. The molecule has 0 unspecified atom stereocenters. The van der Waals surface area contributed by atoms with Gasteiger partial charge in [-0.3, -0.25) is 9.78 Å². The van der Waals surface area contributed by atoms with E-state index in [0.717, 1.165) is 0 Å². The van der Waals surface area contributed by atoms with Gasteiger partial charge in [-0.25, -0.2) is 0 Å². The molecule has 0 aromatic carbocycles. The number of nitrogens with zero attached hydrogens (tertiary/aromatic N) is 2. The van der Waals surface area contributed by atoms with Crippen LogP contribution in [0, 0.1) is 0 Å². The maximum absolute atomic E-state index is 12.1. The van der Waals surface area contributed by atoms with Crippen molar-refractivity contribution in [2.24, 2.45) is 5.73 Å². The van der Waals surface area contributed by atoms with Crippen LogP contribution in [0.2, 0.25) is 0 Å². The van der Waals surface area contributed by atoms with E-state index in [1.54, 1.807) is 35.5 Å². The molecule has 1 heterocycles. The van der Waals surface area contributed by atoms with Crippen LogP contribution in [0.3, 0.4) is 0 Å². The van der Waals surface area contributed by atoms with Crippen molar-refractivity contribution in [1.82, 2.24) is 9.88 Å². The molecule has 0 radical (unpaired) electrons. The van der Waals surface area contributed by atoms with Crippen molar-refractivity contribution in [1.29, 1.82) is 0 Å². The highest BCUT2D eigenvalue weighted by Crippen LogP contribution is 2.04. The Hall–Kier alpha value is -1.75. The largest absolute Gasteiger partial charge is 0.393 e. The molecule has 90 valence electrons. The lowest BCUT2D eigenvalue weighted by atomic mass is 10.2. The lowest BCUT2D eigenvalue weighted by Gasteiger charge is -2.20. The summed E-state index contributed by atoms with van der Waals surface area (Å²) in [5.74, 6) is -0.0887. The second kappa shape index (κ2) is 6.75. The number of carbonyl (C=O) groups excluding carboxylic acids is 1. The molecule has 1 aromatic rings. The number of hydrogen-bond donors (Lipinski definition) is 1. The Morgan fingerprint density at radius 1 is 1.65 bits per heavy atom. The average Bonchev–Trinajstić information content (AvgIpc) is 2.34. The van der Waals surface area contributed by atoms with Crippen LogP contribution in [0.5, 0.6) is 0 Å². The zero-order chi connectivity index (χ0) is 12.7. The van der Waals surface area contributed by atoms with Crippen molar-refractivity contribution >= 4 is 23.1 Å². The van der Waals surface area contributed by atoms with Gasteiger partial charge in [0.15, 0.2) is 0 Å². The molecule has 0 saturated heterocycles. The van der Waals surface area contributed by atoms with E-state index in [9.17, 15) is 4.79 Å². The van der Waals surface area contributed by atoms with Gasteiger partial charge in [0.1, 0.15) is 0 Å². The van der Waals surface area contributed by atoms with Crippen LogP contribution in [0.25, 0.3) is 0 Å². The fraction of sp³-hybridized carbons (Fsp3) is 0.250. The van der Waals surface area contributed by atoms with Gasteiger partial charge in [0.2, 0.25) is 0 Å². The fourth-order valence-electron chi connectivity index (χ4n) is 1.35. The van der Waals surface area contributed by atoms with Crippen LogP contribution < -0.4 is 5.73 Å². The van der Waals surface area contributed by atoms with Gasteiger partial charge in [0.05, 0.1) is 10.6 Å². The highest BCUT2D eigenvalue weighted by Gasteiger charge is 2.14. The van der Waals surface area contributed by atoms with Gasteiger partial charge in [-0.05, 0) is 12.1 Å². The topological polar surface area (TPSA) is 59.2 Å². The Morgan fingerprint density at radius 3 is 2.94 bits per heavy atom. The zero-order valence-corrected chi connectivity index (χ0v) is 10.3. The Balaban J connectivity index is 2.73. The van der Waals surface area contributed by atoms with Crippen LogP contribution >= 0.6 is 12.2 Å². The average molecular weight is 249 g/mol. The van der Waals surface area contributed by atoms with E-state index in [1.807, 2.05) is 0 Å². The van der Waals surface area contributed by atoms with E-state index >= 15 is 0 Å². The van der Waals surface area contributed by atoms with E-state index in [-0.39, 0.29) is 5.91 Å². The summed E-state index contributed by atoms with van der Waals surface area (Å²) in [6, 6.07) is 3.46. The minimum Gasteiger partial charge on any atom is -0.393 e. The van der Waals surface area contributed by atoms with Crippen molar-refractivity contribution in [3.8, 4) is 0 Å². The first-order valence-corrected chi connectivity index (χ1v) is 5.64. The number of thiocarbonyl (C=S) groups is 1. The summed E-state index contributed by atoms with van der Waals surface area (Å²) in [6.45, 7) is 4.59. The summed E-state index contributed by atoms with van der Waals surface area (Å²) in [5.41, 5.74) is 5.98. The minimum atomic E-state index is -0.0887. The summed E-state index contributed by atoms with van der Waals surface area (Å²) in [5, 5.41) is 0. The SMILES string of the molecule is C=CCN(CCC(N)=S)C(=O)c1cccnc1. The van der Waals surface area contributed by atoms with Crippen molar-refractivity contribution < 1.29 is 4.79 Å². The second-order valence-electron chi connectivity index (χ2n) is 3.50.